The molecule has 2 aromatic heterocycles. The summed E-state index contributed by atoms with van der Waals surface area (Å²) >= 11 is 0. The van der Waals surface area contributed by atoms with Crippen molar-refractivity contribution in [1.29, 1.82) is 0 Å². The van der Waals surface area contributed by atoms with E-state index in [1.54, 1.807) is 18.3 Å². The van der Waals surface area contributed by atoms with Crippen LogP contribution in [-0.4, -0.2) is 52.3 Å². The van der Waals surface area contributed by atoms with Crippen molar-refractivity contribution in [3.8, 4) is 23.0 Å². The molecule has 7 nitrogen and oxygen atoms in total. The number of benzene rings is 2. The fourth-order valence-electron chi connectivity index (χ4n) is 5.54. The van der Waals surface area contributed by atoms with E-state index in [-0.39, 0.29) is 28.8 Å². The Morgan fingerprint density at radius 3 is 2.63 bits per heavy atom. The molecule has 2 unspecified atom stereocenters. The number of halogens is 2. The molecule has 9 heteroatoms. The minimum Gasteiger partial charge on any atom is -0.508 e. The summed E-state index contributed by atoms with van der Waals surface area (Å²) in [5, 5.41) is 15.6. The highest BCUT2D eigenvalue weighted by Crippen LogP contribution is 2.39. The zero-order valence-corrected chi connectivity index (χ0v) is 19.5. The molecule has 2 N–H and O–H groups in total. The van der Waals surface area contributed by atoms with Crippen LogP contribution in [0.25, 0.3) is 32.9 Å². The van der Waals surface area contributed by atoms with Crippen molar-refractivity contribution in [1.82, 2.24) is 20.3 Å². The zero-order chi connectivity index (χ0) is 24.3. The van der Waals surface area contributed by atoms with Crippen LogP contribution in [-0.2, 0) is 6.42 Å². The zero-order valence-electron chi connectivity index (χ0n) is 19.5. The van der Waals surface area contributed by atoms with Gasteiger partial charge in [0.25, 0.3) is 0 Å². The molecule has 0 saturated carbocycles. The summed E-state index contributed by atoms with van der Waals surface area (Å²) in [7, 11) is 1.45. The number of methoxy groups -OCH3 is 1. The van der Waals surface area contributed by atoms with Gasteiger partial charge in [0.2, 0.25) is 0 Å². The molecule has 4 aromatic rings. The van der Waals surface area contributed by atoms with Crippen LogP contribution in [0, 0.1) is 11.6 Å². The highest BCUT2D eigenvalue weighted by atomic mass is 19.1. The van der Waals surface area contributed by atoms with Crippen LogP contribution in [0.15, 0.2) is 30.5 Å². The van der Waals surface area contributed by atoms with Crippen LogP contribution in [0.2, 0.25) is 0 Å². The molecule has 0 radical (unpaired) electrons. The molecular formula is C26H25F2N5O2. The molecule has 2 bridgehead atoms. The number of nitrogens with zero attached hydrogens (tertiary/aromatic N) is 4. The van der Waals surface area contributed by atoms with Crippen molar-refractivity contribution < 1.29 is 18.6 Å². The Morgan fingerprint density at radius 1 is 1.14 bits per heavy atom. The van der Waals surface area contributed by atoms with Crippen LogP contribution < -0.4 is 15.0 Å². The number of piperazine rings is 1. The van der Waals surface area contributed by atoms with Gasteiger partial charge in [0.15, 0.2) is 5.82 Å². The molecule has 0 aliphatic carbocycles. The predicted molar refractivity (Wildman–Crippen MR) is 130 cm³/mol. The first kappa shape index (κ1) is 21.9. The third kappa shape index (κ3) is 3.53. The molecule has 35 heavy (non-hydrogen) atoms. The van der Waals surface area contributed by atoms with E-state index in [0.29, 0.717) is 51.6 Å². The van der Waals surface area contributed by atoms with Crippen LogP contribution in [0.5, 0.6) is 11.8 Å². The molecule has 0 amide bonds. The lowest BCUT2D eigenvalue weighted by atomic mass is 9.94. The first-order chi connectivity index (χ1) is 17.0. The van der Waals surface area contributed by atoms with E-state index in [9.17, 15) is 9.50 Å². The van der Waals surface area contributed by atoms with Gasteiger partial charge in [-0.25, -0.2) is 8.78 Å². The number of ether oxygens (including phenoxy) is 1. The second-order valence-electron chi connectivity index (χ2n) is 9.23. The summed E-state index contributed by atoms with van der Waals surface area (Å²) in [6.07, 6.45) is 4.16. The second kappa shape index (κ2) is 8.27. The number of anilines is 1. The van der Waals surface area contributed by atoms with Gasteiger partial charge in [-0.15, -0.1) is 0 Å². The maximum atomic E-state index is 16.2. The Labute approximate surface area is 200 Å². The summed E-state index contributed by atoms with van der Waals surface area (Å²) in [6, 6.07) is 6.69. The van der Waals surface area contributed by atoms with Gasteiger partial charge in [-0.1, -0.05) is 13.0 Å². The number of phenols is 1. The monoisotopic (exact) mass is 477 g/mol. The van der Waals surface area contributed by atoms with Crippen LogP contribution in [0.1, 0.15) is 25.3 Å². The quantitative estimate of drug-likeness (QED) is 0.452. The van der Waals surface area contributed by atoms with Crippen molar-refractivity contribution >= 4 is 27.5 Å². The van der Waals surface area contributed by atoms with Crippen molar-refractivity contribution in [2.45, 2.75) is 38.3 Å². The van der Waals surface area contributed by atoms with Gasteiger partial charge in [0.1, 0.15) is 28.6 Å². The van der Waals surface area contributed by atoms with Gasteiger partial charge in [-0.05, 0) is 53.8 Å². The van der Waals surface area contributed by atoms with Crippen LogP contribution >= 0.6 is 0 Å². The van der Waals surface area contributed by atoms with E-state index in [0.717, 1.165) is 25.9 Å². The lowest BCUT2D eigenvalue weighted by Crippen LogP contribution is -2.51. The molecule has 180 valence electrons. The number of aromatic nitrogens is 3. The molecule has 2 aliphatic rings. The number of rotatable bonds is 4. The van der Waals surface area contributed by atoms with Gasteiger partial charge in [0.05, 0.1) is 12.5 Å². The number of pyridine rings is 1. The van der Waals surface area contributed by atoms with Gasteiger partial charge in [-0.2, -0.15) is 9.97 Å². The topological polar surface area (TPSA) is 83.4 Å². The smallest absolute Gasteiger partial charge is 0.318 e. The summed E-state index contributed by atoms with van der Waals surface area (Å²) in [4.78, 5) is 15.5. The molecule has 0 spiro atoms. The Morgan fingerprint density at radius 2 is 1.91 bits per heavy atom. The maximum Gasteiger partial charge on any atom is 0.318 e. The largest absolute Gasteiger partial charge is 0.508 e. The molecule has 2 saturated heterocycles. The number of fused-ring (bicyclic) bond motifs is 4. The van der Waals surface area contributed by atoms with Crippen molar-refractivity contribution in [2.24, 2.45) is 0 Å². The number of nitrogens with one attached hydrogen (secondary N) is 1. The van der Waals surface area contributed by atoms with E-state index in [4.69, 9.17) is 4.74 Å². The summed E-state index contributed by atoms with van der Waals surface area (Å²) in [5.41, 5.74) is 0.825. The van der Waals surface area contributed by atoms with Gasteiger partial charge in [0, 0.05) is 36.9 Å². The second-order valence-corrected chi connectivity index (χ2v) is 9.23. The maximum absolute atomic E-state index is 16.2. The van der Waals surface area contributed by atoms with Crippen LogP contribution in [0.4, 0.5) is 14.6 Å². The van der Waals surface area contributed by atoms with Gasteiger partial charge >= 0.3 is 6.01 Å². The van der Waals surface area contributed by atoms with E-state index in [1.807, 2.05) is 6.92 Å². The molecule has 2 aliphatic heterocycles. The third-order valence-electron chi connectivity index (χ3n) is 7.10. The number of hydrogen-bond acceptors (Lipinski definition) is 7. The first-order valence-electron chi connectivity index (χ1n) is 11.8. The van der Waals surface area contributed by atoms with E-state index in [1.165, 1.54) is 19.2 Å². The Balaban J connectivity index is 1.59. The number of phenolic OH excluding ortho intramolecular Hbond substituents is 1. The number of aromatic hydroxyl groups is 1. The van der Waals surface area contributed by atoms with Crippen molar-refractivity contribution in [3.05, 3.63) is 47.7 Å². The van der Waals surface area contributed by atoms with Crippen molar-refractivity contribution in [2.75, 3.05) is 25.1 Å². The SMILES string of the molecule is CCc1c(F)ccc2cc(O)cc(-c3ncc4c(N5CC6CCC(C5)N6)nc(OC)nc4c3F)c12. The molecule has 4 heterocycles. The van der Waals surface area contributed by atoms with Gasteiger partial charge in [-0.3, -0.25) is 4.98 Å². The fourth-order valence-corrected chi connectivity index (χ4v) is 5.54. The fraction of sp³-hybridized carbons (Fsp3) is 0.346. The van der Waals surface area contributed by atoms with E-state index < -0.39 is 5.82 Å². The lowest BCUT2D eigenvalue weighted by Gasteiger charge is -2.34. The lowest BCUT2D eigenvalue weighted by molar-refractivity contribution is 0.380. The Hall–Kier alpha value is -3.59. The van der Waals surface area contributed by atoms with E-state index in [2.05, 4.69) is 25.2 Å². The standard InChI is InChI=1S/C26H25F2N5O2/c1-3-17-20(27)7-4-13-8-16(34)9-18(21(13)17)23-22(28)24-19(10-29-23)25(32-26(31-24)35-2)33-11-14-5-6-15(12-33)30-14/h4,7-10,14-15,30,34H,3,5-6,11-12H2,1-2H3. The first-order valence-corrected chi connectivity index (χ1v) is 11.8. The molecular weight excluding hydrogens is 452 g/mol. The van der Waals surface area contributed by atoms with Gasteiger partial charge < -0.3 is 20.1 Å². The van der Waals surface area contributed by atoms with Crippen LogP contribution in [0.3, 0.4) is 0 Å². The van der Waals surface area contributed by atoms with E-state index >= 15 is 4.39 Å². The highest BCUT2D eigenvalue weighted by Gasteiger charge is 2.34. The molecule has 6 rings (SSSR count). The molecule has 2 aromatic carbocycles. The molecule has 2 atom stereocenters. The average molecular weight is 478 g/mol. The normalized spacial score (nSPS) is 19.6. The summed E-state index contributed by atoms with van der Waals surface area (Å²) in [6.45, 7) is 3.35. The Bertz CT molecular complexity index is 1470. The average Bonchev–Trinajstić information content (AvgIpc) is 3.20. The summed E-state index contributed by atoms with van der Waals surface area (Å²) in [5.74, 6) is -0.516. The number of aryl methyl sites for hydroxylation is 1. The summed E-state index contributed by atoms with van der Waals surface area (Å²) < 4.78 is 36.2. The Kier molecular flexibility index (Phi) is 5.17. The highest BCUT2D eigenvalue weighted by molar-refractivity contribution is 6.01. The molecule has 2 fully saturated rings. The minimum absolute atomic E-state index is 0.00853. The third-order valence-corrected chi connectivity index (χ3v) is 7.10. The predicted octanol–water partition coefficient (Wildman–Crippen LogP) is 4.34. The number of hydrogen-bond donors (Lipinski definition) is 2. The van der Waals surface area contributed by atoms with Crippen molar-refractivity contribution in [3.63, 3.8) is 0 Å². The minimum atomic E-state index is -0.666.